The van der Waals surface area contributed by atoms with Gasteiger partial charge in [-0.2, -0.15) is 16.1 Å². The maximum atomic E-state index is 13.2. The smallest absolute Gasteiger partial charge is 0.323 e. The number of thioether (sulfide) groups is 1. The molecule has 0 radical (unpaired) electrons. The van der Waals surface area contributed by atoms with Crippen LogP contribution in [0.2, 0.25) is 0 Å². The van der Waals surface area contributed by atoms with Gasteiger partial charge in [0, 0.05) is 17.0 Å². The molecular formula is C21H23NO4S2. The van der Waals surface area contributed by atoms with Crippen LogP contribution in [0.1, 0.15) is 19.4 Å². The van der Waals surface area contributed by atoms with Crippen molar-refractivity contribution in [2.24, 2.45) is 0 Å². The Morgan fingerprint density at radius 2 is 1.68 bits per heavy atom. The lowest BCUT2D eigenvalue weighted by molar-refractivity contribution is -0.142. The van der Waals surface area contributed by atoms with Crippen molar-refractivity contribution in [1.29, 1.82) is 0 Å². The molecule has 1 aliphatic rings. The van der Waals surface area contributed by atoms with Gasteiger partial charge in [0.15, 0.2) is 0 Å². The average Bonchev–Trinajstić information content (AvgIpc) is 2.67. The molecule has 3 rings (SSSR count). The molecule has 1 fully saturated rings. The van der Waals surface area contributed by atoms with E-state index in [1.807, 2.05) is 24.3 Å². The van der Waals surface area contributed by atoms with Crippen molar-refractivity contribution >= 4 is 33.8 Å². The molecule has 0 amide bonds. The average molecular weight is 418 g/mol. The van der Waals surface area contributed by atoms with Crippen LogP contribution in [0.3, 0.4) is 0 Å². The van der Waals surface area contributed by atoms with Gasteiger partial charge in [-0.3, -0.25) is 4.79 Å². The predicted molar refractivity (Wildman–Crippen MR) is 114 cm³/mol. The SMILES string of the molecule is C=Cc1ccc(-c2ccc(S(=O)(=O)N3CCSC(C)(C)C3C(=O)O)cc2)cc1. The standard InChI is InChI=1S/C21H23NO4S2/c1-4-15-5-7-16(8-6-15)17-9-11-18(12-10-17)28(25,26)22-13-14-27-21(2,3)19(22)20(23)24/h4-12,19H,1,13-14H2,2-3H3,(H,23,24). The first-order valence-electron chi connectivity index (χ1n) is 8.88. The van der Waals surface area contributed by atoms with Crippen molar-refractivity contribution in [2.75, 3.05) is 12.3 Å². The van der Waals surface area contributed by atoms with E-state index in [4.69, 9.17) is 0 Å². The van der Waals surface area contributed by atoms with Crippen LogP contribution >= 0.6 is 11.8 Å². The number of benzene rings is 2. The fraction of sp³-hybridized carbons (Fsp3) is 0.286. The van der Waals surface area contributed by atoms with E-state index in [9.17, 15) is 18.3 Å². The summed E-state index contributed by atoms with van der Waals surface area (Å²) in [4.78, 5) is 11.9. The summed E-state index contributed by atoms with van der Waals surface area (Å²) < 4.78 is 26.7. The molecule has 148 valence electrons. The number of aliphatic carboxylic acids is 1. The molecule has 1 N–H and O–H groups in total. The molecule has 2 aromatic carbocycles. The first-order chi connectivity index (χ1) is 13.2. The Labute approximate surface area is 170 Å². The zero-order valence-corrected chi connectivity index (χ0v) is 17.5. The number of rotatable bonds is 5. The summed E-state index contributed by atoms with van der Waals surface area (Å²) in [5.74, 6) is -0.566. The molecule has 2 aromatic rings. The van der Waals surface area contributed by atoms with E-state index < -0.39 is 26.8 Å². The third-order valence-corrected chi connectivity index (χ3v) is 8.14. The first kappa shape index (κ1) is 20.6. The number of carboxylic acids is 1. The molecule has 0 aliphatic carbocycles. The lowest BCUT2D eigenvalue weighted by Gasteiger charge is -2.42. The zero-order valence-electron chi connectivity index (χ0n) is 15.8. The quantitative estimate of drug-likeness (QED) is 0.797. The monoisotopic (exact) mass is 417 g/mol. The third-order valence-electron chi connectivity index (χ3n) is 4.91. The van der Waals surface area contributed by atoms with Crippen molar-refractivity contribution in [3.05, 3.63) is 60.7 Å². The van der Waals surface area contributed by atoms with Gasteiger partial charge in [-0.25, -0.2) is 8.42 Å². The molecule has 1 saturated heterocycles. The highest BCUT2D eigenvalue weighted by Crippen LogP contribution is 2.38. The Balaban J connectivity index is 1.93. The van der Waals surface area contributed by atoms with Crippen LogP contribution in [-0.2, 0) is 14.8 Å². The number of nitrogens with zero attached hydrogens (tertiary/aromatic N) is 1. The van der Waals surface area contributed by atoms with E-state index in [-0.39, 0.29) is 11.4 Å². The summed E-state index contributed by atoms with van der Waals surface area (Å²) in [6.07, 6.45) is 1.76. The fourth-order valence-electron chi connectivity index (χ4n) is 3.40. The number of sulfonamides is 1. The maximum Gasteiger partial charge on any atom is 0.323 e. The number of carbonyl (C=O) groups is 1. The Morgan fingerprint density at radius 1 is 1.14 bits per heavy atom. The summed E-state index contributed by atoms with van der Waals surface area (Å²) in [6, 6.07) is 13.2. The Kier molecular flexibility index (Phi) is 5.70. The van der Waals surface area contributed by atoms with E-state index in [1.165, 1.54) is 11.8 Å². The number of carboxylic acid groups (broad SMARTS) is 1. The summed E-state index contributed by atoms with van der Waals surface area (Å²) >= 11 is 1.48. The summed E-state index contributed by atoms with van der Waals surface area (Å²) in [5, 5.41) is 9.66. The highest BCUT2D eigenvalue weighted by Gasteiger charge is 2.48. The predicted octanol–water partition coefficient (Wildman–Crippen LogP) is 3.97. The number of hydrogen-bond acceptors (Lipinski definition) is 4. The first-order valence-corrected chi connectivity index (χ1v) is 11.3. The van der Waals surface area contributed by atoms with E-state index in [1.54, 1.807) is 44.2 Å². The van der Waals surface area contributed by atoms with Crippen molar-refractivity contribution in [3.8, 4) is 11.1 Å². The van der Waals surface area contributed by atoms with Gasteiger partial charge >= 0.3 is 5.97 Å². The van der Waals surface area contributed by atoms with Crippen molar-refractivity contribution < 1.29 is 18.3 Å². The lowest BCUT2D eigenvalue weighted by atomic mass is 10.0. The summed E-state index contributed by atoms with van der Waals surface area (Å²) in [6.45, 7) is 7.45. The molecule has 0 spiro atoms. The normalized spacial score (nSPS) is 19.9. The molecule has 28 heavy (non-hydrogen) atoms. The van der Waals surface area contributed by atoms with E-state index in [0.717, 1.165) is 21.0 Å². The highest BCUT2D eigenvalue weighted by molar-refractivity contribution is 8.00. The minimum atomic E-state index is -3.91. The molecule has 1 aliphatic heterocycles. The van der Waals surface area contributed by atoms with Crippen LogP contribution in [0.25, 0.3) is 17.2 Å². The minimum absolute atomic E-state index is 0.105. The van der Waals surface area contributed by atoms with Crippen LogP contribution in [0.4, 0.5) is 0 Å². The molecule has 0 saturated carbocycles. The Hall–Kier alpha value is -2.09. The second-order valence-electron chi connectivity index (χ2n) is 7.16. The minimum Gasteiger partial charge on any atom is -0.480 e. The van der Waals surface area contributed by atoms with E-state index >= 15 is 0 Å². The fourth-order valence-corrected chi connectivity index (χ4v) is 6.50. The van der Waals surface area contributed by atoms with Crippen molar-refractivity contribution in [2.45, 2.75) is 29.5 Å². The Bertz CT molecular complexity index is 980. The van der Waals surface area contributed by atoms with Crippen molar-refractivity contribution in [1.82, 2.24) is 4.31 Å². The zero-order chi connectivity index (χ0) is 20.5. The van der Waals surface area contributed by atoms with Crippen LogP contribution in [0.5, 0.6) is 0 Å². The summed E-state index contributed by atoms with van der Waals surface area (Å²) in [7, 11) is -3.91. The van der Waals surface area contributed by atoms with Crippen LogP contribution in [0.15, 0.2) is 60.0 Å². The van der Waals surface area contributed by atoms with Gasteiger partial charge in [0.2, 0.25) is 10.0 Å². The van der Waals surface area contributed by atoms with Gasteiger partial charge in [-0.15, -0.1) is 0 Å². The molecule has 1 atom stereocenters. The van der Waals surface area contributed by atoms with Gasteiger partial charge in [0.05, 0.1) is 4.90 Å². The van der Waals surface area contributed by atoms with Gasteiger partial charge in [0.25, 0.3) is 0 Å². The van der Waals surface area contributed by atoms with Gasteiger partial charge in [-0.1, -0.05) is 49.1 Å². The van der Waals surface area contributed by atoms with Gasteiger partial charge in [-0.05, 0) is 42.7 Å². The molecule has 0 bridgehead atoms. The second kappa shape index (κ2) is 7.73. The molecular weight excluding hydrogens is 394 g/mol. The third kappa shape index (κ3) is 3.87. The van der Waals surface area contributed by atoms with Crippen LogP contribution in [-0.4, -0.2) is 46.9 Å². The van der Waals surface area contributed by atoms with E-state index in [2.05, 4.69) is 6.58 Å². The van der Waals surface area contributed by atoms with E-state index in [0.29, 0.717) is 5.75 Å². The maximum absolute atomic E-state index is 13.2. The van der Waals surface area contributed by atoms with Gasteiger partial charge < -0.3 is 5.11 Å². The molecule has 1 heterocycles. The number of hydrogen-bond donors (Lipinski definition) is 1. The van der Waals surface area contributed by atoms with Crippen LogP contribution < -0.4 is 0 Å². The second-order valence-corrected chi connectivity index (χ2v) is 10.8. The van der Waals surface area contributed by atoms with Gasteiger partial charge in [0.1, 0.15) is 6.04 Å². The van der Waals surface area contributed by atoms with Crippen molar-refractivity contribution in [3.63, 3.8) is 0 Å². The molecule has 0 aromatic heterocycles. The topological polar surface area (TPSA) is 74.7 Å². The molecule has 7 heteroatoms. The summed E-state index contributed by atoms with van der Waals surface area (Å²) in [5.41, 5.74) is 2.86. The largest absolute Gasteiger partial charge is 0.480 e. The lowest BCUT2D eigenvalue weighted by Crippen LogP contribution is -2.58. The highest BCUT2D eigenvalue weighted by atomic mass is 32.2. The Morgan fingerprint density at radius 3 is 2.18 bits per heavy atom. The molecule has 5 nitrogen and oxygen atoms in total. The van der Waals surface area contributed by atoms with Crippen LogP contribution in [0, 0.1) is 0 Å². The molecule has 1 unspecified atom stereocenters.